The summed E-state index contributed by atoms with van der Waals surface area (Å²) in [6.45, 7) is 6.10. The number of rotatable bonds is 7. The summed E-state index contributed by atoms with van der Waals surface area (Å²) in [6.07, 6.45) is 0.803. The maximum Gasteiger partial charge on any atom is 0.318 e. The molecule has 0 aromatic heterocycles. The SMILES string of the molecule is CCCOC(=O)C(C)SCC(=O)Nc1cccc(C)c1. The zero-order valence-corrected chi connectivity index (χ0v) is 13.0. The Balaban J connectivity index is 2.34. The van der Waals surface area contributed by atoms with Gasteiger partial charge in [0.05, 0.1) is 12.4 Å². The highest BCUT2D eigenvalue weighted by molar-refractivity contribution is 8.01. The highest BCUT2D eigenvalue weighted by atomic mass is 32.2. The quantitative estimate of drug-likeness (QED) is 0.786. The Morgan fingerprint density at radius 2 is 2.15 bits per heavy atom. The zero-order valence-electron chi connectivity index (χ0n) is 12.1. The van der Waals surface area contributed by atoms with E-state index in [9.17, 15) is 9.59 Å². The molecule has 0 bridgehead atoms. The average Bonchev–Trinajstić information content (AvgIpc) is 2.42. The number of esters is 1. The first-order valence-electron chi connectivity index (χ1n) is 6.67. The van der Waals surface area contributed by atoms with Crippen LogP contribution in [0, 0.1) is 6.92 Å². The third-order valence-corrected chi connectivity index (χ3v) is 3.67. The molecule has 1 amide bonds. The van der Waals surface area contributed by atoms with Gasteiger partial charge >= 0.3 is 5.97 Å². The number of aryl methyl sites for hydroxylation is 1. The van der Waals surface area contributed by atoms with E-state index in [1.54, 1.807) is 6.92 Å². The molecule has 0 fully saturated rings. The minimum atomic E-state index is -0.329. The molecular formula is C15H21NO3S. The van der Waals surface area contributed by atoms with Crippen molar-refractivity contribution in [2.75, 3.05) is 17.7 Å². The van der Waals surface area contributed by atoms with Crippen LogP contribution in [0.2, 0.25) is 0 Å². The van der Waals surface area contributed by atoms with Gasteiger partial charge in [-0.3, -0.25) is 9.59 Å². The number of hydrogen-bond acceptors (Lipinski definition) is 4. The Labute approximate surface area is 124 Å². The summed E-state index contributed by atoms with van der Waals surface area (Å²) in [4.78, 5) is 23.3. The first-order chi connectivity index (χ1) is 9.52. The molecule has 0 aliphatic carbocycles. The van der Waals surface area contributed by atoms with Crippen molar-refractivity contribution in [3.63, 3.8) is 0 Å². The third kappa shape index (κ3) is 6.10. The van der Waals surface area contributed by atoms with Crippen molar-refractivity contribution in [3.05, 3.63) is 29.8 Å². The summed E-state index contributed by atoms with van der Waals surface area (Å²) in [5.41, 5.74) is 1.86. The first kappa shape index (κ1) is 16.6. The van der Waals surface area contributed by atoms with Gasteiger partial charge < -0.3 is 10.1 Å². The van der Waals surface area contributed by atoms with Crippen LogP contribution < -0.4 is 5.32 Å². The molecule has 5 heteroatoms. The molecular weight excluding hydrogens is 274 g/mol. The van der Waals surface area contributed by atoms with Gasteiger partial charge in [0.15, 0.2) is 0 Å². The average molecular weight is 295 g/mol. The largest absolute Gasteiger partial charge is 0.465 e. The van der Waals surface area contributed by atoms with Crippen molar-refractivity contribution >= 4 is 29.3 Å². The van der Waals surface area contributed by atoms with Crippen LogP contribution in [0.4, 0.5) is 5.69 Å². The molecule has 1 aromatic rings. The smallest absolute Gasteiger partial charge is 0.318 e. The minimum absolute atomic E-state index is 0.115. The van der Waals surface area contributed by atoms with Gasteiger partial charge in [0.1, 0.15) is 5.25 Å². The van der Waals surface area contributed by atoms with Crippen molar-refractivity contribution in [3.8, 4) is 0 Å². The summed E-state index contributed by atoms with van der Waals surface area (Å²) < 4.78 is 5.03. The van der Waals surface area contributed by atoms with E-state index in [4.69, 9.17) is 4.74 Å². The second-order valence-corrected chi connectivity index (χ2v) is 5.87. The van der Waals surface area contributed by atoms with Gasteiger partial charge in [0.2, 0.25) is 5.91 Å². The van der Waals surface area contributed by atoms with Gasteiger partial charge in [-0.2, -0.15) is 0 Å². The van der Waals surface area contributed by atoms with Crippen molar-refractivity contribution < 1.29 is 14.3 Å². The van der Waals surface area contributed by atoms with E-state index in [1.807, 2.05) is 38.1 Å². The molecule has 1 atom stereocenters. The number of nitrogens with one attached hydrogen (secondary N) is 1. The van der Waals surface area contributed by atoms with Crippen LogP contribution in [0.3, 0.4) is 0 Å². The summed E-state index contributed by atoms with van der Waals surface area (Å²) in [7, 11) is 0. The Hall–Kier alpha value is -1.49. The molecule has 0 radical (unpaired) electrons. The number of ether oxygens (including phenoxy) is 1. The van der Waals surface area contributed by atoms with E-state index in [-0.39, 0.29) is 22.9 Å². The van der Waals surface area contributed by atoms with Gasteiger partial charge in [0, 0.05) is 5.69 Å². The van der Waals surface area contributed by atoms with Crippen molar-refractivity contribution in [1.29, 1.82) is 0 Å². The molecule has 0 aliphatic rings. The maximum absolute atomic E-state index is 11.8. The van der Waals surface area contributed by atoms with Crippen molar-refractivity contribution in [2.24, 2.45) is 0 Å². The number of hydrogen-bond donors (Lipinski definition) is 1. The zero-order chi connectivity index (χ0) is 15.0. The van der Waals surface area contributed by atoms with Crippen LogP contribution >= 0.6 is 11.8 Å². The second-order valence-electron chi connectivity index (χ2n) is 4.54. The predicted octanol–water partition coefficient (Wildman–Crippen LogP) is 3.01. The fourth-order valence-electron chi connectivity index (χ4n) is 1.51. The van der Waals surface area contributed by atoms with Crippen LogP contribution in [0.15, 0.2) is 24.3 Å². The topological polar surface area (TPSA) is 55.4 Å². The minimum Gasteiger partial charge on any atom is -0.465 e. The van der Waals surface area contributed by atoms with E-state index < -0.39 is 0 Å². The van der Waals surface area contributed by atoms with Crippen molar-refractivity contribution in [2.45, 2.75) is 32.4 Å². The monoisotopic (exact) mass is 295 g/mol. The maximum atomic E-state index is 11.8. The van der Waals surface area contributed by atoms with Crippen molar-refractivity contribution in [1.82, 2.24) is 0 Å². The van der Waals surface area contributed by atoms with Crippen LogP contribution in [0.5, 0.6) is 0 Å². The number of carbonyl (C=O) groups excluding carboxylic acids is 2. The van der Waals surface area contributed by atoms with E-state index >= 15 is 0 Å². The lowest BCUT2D eigenvalue weighted by Crippen LogP contribution is -2.21. The Bertz CT molecular complexity index is 462. The summed E-state index contributed by atoms with van der Waals surface area (Å²) in [6, 6.07) is 7.61. The standard InChI is InChI=1S/C15H21NO3S/c1-4-8-19-15(18)12(3)20-10-14(17)16-13-7-5-6-11(2)9-13/h5-7,9,12H,4,8,10H2,1-3H3,(H,16,17). The molecule has 0 spiro atoms. The lowest BCUT2D eigenvalue weighted by Gasteiger charge is -2.11. The van der Waals surface area contributed by atoms with Gasteiger partial charge in [-0.25, -0.2) is 0 Å². The van der Waals surface area contributed by atoms with E-state index in [1.165, 1.54) is 11.8 Å². The van der Waals surface area contributed by atoms with E-state index in [0.29, 0.717) is 6.61 Å². The normalized spacial score (nSPS) is 11.8. The fraction of sp³-hybridized carbons (Fsp3) is 0.467. The molecule has 1 rings (SSSR count). The third-order valence-electron chi connectivity index (χ3n) is 2.55. The Morgan fingerprint density at radius 3 is 2.80 bits per heavy atom. The molecule has 1 unspecified atom stereocenters. The number of carbonyl (C=O) groups is 2. The fourth-order valence-corrected chi connectivity index (χ4v) is 2.19. The lowest BCUT2D eigenvalue weighted by atomic mass is 10.2. The van der Waals surface area contributed by atoms with Crippen LogP contribution in [0.1, 0.15) is 25.8 Å². The first-order valence-corrected chi connectivity index (χ1v) is 7.72. The van der Waals surface area contributed by atoms with Gasteiger partial charge in [0.25, 0.3) is 0 Å². The van der Waals surface area contributed by atoms with Crippen LogP contribution in [-0.4, -0.2) is 29.5 Å². The molecule has 0 aliphatic heterocycles. The van der Waals surface area contributed by atoms with Crippen LogP contribution in [-0.2, 0) is 14.3 Å². The van der Waals surface area contributed by atoms with E-state index in [2.05, 4.69) is 5.32 Å². The molecule has 4 nitrogen and oxygen atoms in total. The molecule has 20 heavy (non-hydrogen) atoms. The molecule has 0 heterocycles. The van der Waals surface area contributed by atoms with Gasteiger partial charge in [-0.1, -0.05) is 19.1 Å². The van der Waals surface area contributed by atoms with Crippen LogP contribution in [0.25, 0.3) is 0 Å². The summed E-state index contributed by atoms with van der Waals surface area (Å²) in [5, 5.41) is 2.48. The molecule has 0 saturated heterocycles. The Morgan fingerprint density at radius 1 is 1.40 bits per heavy atom. The number of anilines is 1. The molecule has 110 valence electrons. The highest BCUT2D eigenvalue weighted by Crippen LogP contribution is 2.14. The van der Waals surface area contributed by atoms with Gasteiger partial charge in [-0.05, 0) is 38.0 Å². The second kappa shape index (κ2) is 8.64. The highest BCUT2D eigenvalue weighted by Gasteiger charge is 2.16. The Kier molecular flexibility index (Phi) is 7.15. The number of benzene rings is 1. The summed E-state index contributed by atoms with van der Waals surface area (Å²) >= 11 is 1.28. The predicted molar refractivity (Wildman–Crippen MR) is 83.0 cm³/mol. The van der Waals surface area contributed by atoms with E-state index in [0.717, 1.165) is 17.7 Å². The lowest BCUT2D eigenvalue weighted by molar-refractivity contribution is -0.142. The van der Waals surface area contributed by atoms with Gasteiger partial charge in [-0.15, -0.1) is 11.8 Å². The molecule has 1 N–H and O–H groups in total. The number of amides is 1. The number of thioether (sulfide) groups is 1. The molecule has 0 saturated carbocycles. The summed E-state index contributed by atoms with van der Waals surface area (Å²) in [5.74, 6) is -0.146. The molecule has 1 aromatic carbocycles.